The van der Waals surface area contributed by atoms with Crippen LogP contribution in [-0.4, -0.2) is 10.9 Å². The summed E-state index contributed by atoms with van der Waals surface area (Å²) in [6.07, 6.45) is 0. The summed E-state index contributed by atoms with van der Waals surface area (Å²) in [7, 11) is 0. The van der Waals surface area contributed by atoms with Gasteiger partial charge >= 0.3 is 0 Å². The molecule has 0 spiro atoms. The van der Waals surface area contributed by atoms with Crippen LogP contribution in [0.3, 0.4) is 0 Å². The van der Waals surface area contributed by atoms with Gasteiger partial charge in [-0.05, 0) is 43.3 Å². The van der Waals surface area contributed by atoms with Crippen LogP contribution < -0.4 is 5.32 Å². The first kappa shape index (κ1) is 15.0. The Balaban J connectivity index is 2.09. The van der Waals surface area contributed by atoms with E-state index >= 15 is 0 Å². The van der Waals surface area contributed by atoms with E-state index in [1.54, 1.807) is 11.8 Å². The van der Waals surface area contributed by atoms with E-state index in [0.717, 1.165) is 37.1 Å². The average molecular weight is 331 g/mol. The van der Waals surface area contributed by atoms with Crippen molar-refractivity contribution >= 4 is 45.9 Å². The van der Waals surface area contributed by atoms with Crippen molar-refractivity contribution < 1.29 is 4.79 Å². The minimum absolute atomic E-state index is 0.0752. The van der Waals surface area contributed by atoms with Crippen LogP contribution in [0.15, 0.2) is 52.3 Å². The van der Waals surface area contributed by atoms with Crippen molar-refractivity contribution in [1.82, 2.24) is 4.98 Å². The van der Waals surface area contributed by atoms with Gasteiger partial charge in [0.2, 0.25) is 5.91 Å². The van der Waals surface area contributed by atoms with Gasteiger partial charge in [-0.25, -0.2) is 0 Å². The van der Waals surface area contributed by atoms with E-state index in [2.05, 4.69) is 10.3 Å². The highest BCUT2D eigenvalue weighted by Gasteiger charge is 2.14. The minimum Gasteiger partial charge on any atom is -0.358 e. The number of carbonyl (C=O) groups is 1. The van der Waals surface area contributed by atoms with Crippen LogP contribution in [0.25, 0.3) is 10.9 Å². The first-order valence-corrected chi connectivity index (χ1v) is 8.06. The molecule has 3 aromatic rings. The maximum Gasteiger partial charge on any atom is 0.221 e. The predicted molar refractivity (Wildman–Crippen MR) is 92.9 cm³/mol. The maximum atomic E-state index is 11.4. The summed E-state index contributed by atoms with van der Waals surface area (Å²) in [6.45, 7) is 3.56. The first-order valence-electron chi connectivity index (χ1n) is 6.87. The number of hydrogen-bond acceptors (Lipinski definition) is 2. The standard InChI is InChI=1S/C17H15ClN2OS/c1-10-17(22-13-8-6-12(18)7-9-13)16-14(19-10)4-3-5-15(16)20-11(2)21/h3-9,19H,1-2H3,(H,20,21). The molecule has 1 heterocycles. The molecule has 0 aliphatic rings. The van der Waals surface area contributed by atoms with Crippen LogP contribution in [0.2, 0.25) is 5.02 Å². The third-order valence-electron chi connectivity index (χ3n) is 3.30. The number of amides is 1. The van der Waals surface area contributed by atoms with Crippen molar-refractivity contribution in [3.05, 3.63) is 53.2 Å². The lowest BCUT2D eigenvalue weighted by molar-refractivity contribution is -0.114. The Morgan fingerprint density at radius 1 is 1.18 bits per heavy atom. The number of rotatable bonds is 3. The van der Waals surface area contributed by atoms with Crippen molar-refractivity contribution in [3.8, 4) is 0 Å². The second-order valence-corrected chi connectivity index (χ2v) is 6.56. The highest BCUT2D eigenvalue weighted by Crippen LogP contribution is 2.40. The van der Waals surface area contributed by atoms with E-state index in [0.29, 0.717) is 0 Å². The fourth-order valence-electron chi connectivity index (χ4n) is 2.39. The van der Waals surface area contributed by atoms with Crippen LogP contribution in [0.5, 0.6) is 0 Å². The Bertz CT molecular complexity index is 840. The molecule has 0 atom stereocenters. The van der Waals surface area contributed by atoms with Crippen LogP contribution in [0, 0.1) is 6.92 Å². The van der Waals surface area contributed by atoms with Crippen LogP contribution in [0.4, 0.5) is 5.69 Å². The normalized spacial score (nSPS) is 10.9. The van der Waals surface area contributed by atoms with Gasteiger partial charge < -0.3 is 10.3 Å². The SMILES string of the molecule is CC(=O)Nc1cccc2[nH]c(C)c(Sc3ccc(Cl)cc3)c12. The molecule has 0 saturated heterocycles. The fraction of sp³-hybridized carbons (Fsp3) is 0.118. The molecule has 0 fully saturated rings. The molecule has 0 aliphatic heterocycles. The van der Waals surface area contributed by atoms with Gasteiger partial charge in [-0.2, -0.15) is 0 Å². The molecule has 0 radical (unpaired) electrons. The highest BCUT2D eigenvalue weighted by atomic mass is 35.5. The van der Waals surface area contributed by atoms with E-state index in [4.69, 9.17) is 11.6 Å². The number of H-pyrrole nitrogens is 1. The molecule has 112 valence electrons. The molecule has 0 bridgehead atoms. The number of fused-ring (bicyclic) bond motifs is 1. The van der Waals surface area contributed by atoms with Crippen LogP contribution >= 0.6 is 23.4 Å². The second-order valence-electron chi connectivity index (χ2n) is 5.04. The predicted octanol–water partition coefficient (Wildman–Crippen LogP) is 5.24. The zero-order valence-corrected chi connectivity index (χ0v) is 13.8. The number of anilines is 1. The molecule has 0 saturated carbocycles. The summed E-state index contributed by atoms with van der Waals surface area (Å²) < 4.78 is 0. The third-order valence-corrected chi connectivity index (χ3v) is 4.77. The zero-order chi connectivity index (χ0) is 15.7. The number of benzene rings is 2. The van der Waals surface area contributed by atoms with Crippen molar-refractivity contribution in [1.29, 1.82) is 0 Å². The van der Waals surface area contributed by atoms with Gasteiger partial charge in [0.05, 0.1) is 5.69 Å². The van der Waals surface area contributed by atoms with Gasteiger partial charge in [0.15, 0.2) is 0 Å². The van der Waals surface area contributed by atoms with E-state index in [1.165, 1.54) is 6.92 Å². The van der Waals surface area contributed by atoms with E-state index in [-0.39, 0.29) is 5.91 Å². The second kappa shape index (κ2) is 6.07. The lowest BCUT2D eigenvalue weighted by Gasteiger charge is -2.07. The van der Waals surface area contributed by atoms with Crippen molar-refractivity contribution in [2.45, 2.75) is 23.6 Å². The lowest BCUT2D eigenvalue weighted by atomic mass is 10.2. The largest absolute Gasteiger partial charge is 0.358 e. The van der Waals surface area contributed by atoms with Crippen molar-refractivity contribution in [2.24, 2.45) is 0 Å². The Hall–Kier alpha value is -1.91. The highest BCUT2D eigenvalue weighted by molar-refractivity contribution is 7.99. The molecule has 22 heavy (non-hydrogen) atoms. The molecule has 5 heteroatoms. The lowest BCUT2D eigenvalue weighted by Crippen LogP contribution is -2.05. The topological polar surface area (TPSA) is 44.9 Å². The van der Waals surface area contributed by atoms with Crippen molar-refractivity contribution in [2.75, 3.05) is 5.32 Å². The van der Waals surface area contributed by atoms with Gasteiger partial charge in [0.1, 0.15) is 0 Å². The Morgan fingerprint density at radius 3 is 2.59 bits per heavy atom. The van der Waals surface area contributed by atoms with Gasteiger partial charge in [0.25, 0.3) is 0 Å². The number of nitrogens with one attached hydrogen (secondary N) is 2. The number of carbonyl (C=O) groups excluding carboxylic acids is 1. The number of halogens is 1. The molecule has 3 rings (SSSR count). The number of aromatic amines is 1. The molecule has 0 aliphatic carbocycles. The van der Waals surface area contributed by atoms with Crippen molar-refractivity contribution in [3.63, 3.8) is 0 Å². The van der Waals surface area contributed by atoms with E-state index in [9.17, 15) is 4.79 Å². The summed E-state index contributed by atoms with van der Waals surface area (Å²) in [5, 5.41) is 4.66. The maximum absolute atomic E-state index is 11.4. The summed E-state index contributed by atoms with van der Waals surface area (Å²) in [5.41, 5.74) is 2.92. The fourth-order valence-corrected chi connectivity index (χ4v) is 3.55. The molecule has 1 aromatic heterocycles. The first-order chi connectivity index (χ1) is 10.5. The van der Waals surface area contributed by atoms with Crippen LogP contribution in [0.1, 0.15) is 12.6 Å². The average Bonchev–Trinajstić information content (AvgIpc) is 2.78. The Morgan fingerprint density at radius 2 is 1.91 bits per heavy atom. The monoisotopic (exact) mass is 330 g/mol. The smallest absolute Gasteiger partial charge is 0.221 e. The van der Waals surface area contributed by atoms with E-state index in [1.807, 2.05) is 49.4 Å². The quantitative estimate of drug-likeness (QED) is 0.689. The molecule has 0 unspecified atom stereocenters. The van der Waals surface area contributed by atoms with Gasteiger partial charge in [-0.3, -0.25) is 4.79 Å². The van der Waals surface area contributed by atoms with Gasteiger partial charge in [-0.1, -0.05) is 29.4 Å². The van der Waals surface area contributed by atoms with Crippen LogP contribution in [-0.2, 0) is 4.79 Å². The molecule has 1 amide bonds. The summed E-state index contributed by atoms with van der Waals surface area (Å²) in [4.78, 5) is 17.0. The number of aryl methyl sites for hydroxylation is 1. The number of hydrogen-bond donors (Lipinski definition) is 2. The number of aromatic nitrogens is 1. The van der Waals surface area contributed by atoms with E-state index < -0.39 is 0 Å². The summed E-state index contributed by atoms with van der Waals surface area (Å²) in [6, 6.07) is 13.6. The minimum atomic E-state index is -0.0752. The molecule has 3 nitrogen and oxygen atoms in total. The molecular formula is C17H15ClN2OS. The van der Waals surface area contributed by atoms with Gasteiger partial charge in [0, 0.05) is 38.3 Å². The Labute approximate surface area is 138 Å². The molecule has 2 aromatic carbocycles. The zero-order valence-electron chi connectivity index (χ0n) is 12.2. The summed E-state index contributed by atoms with van der Waals surface area (Å²) in [5.74, 6) is -0.0752. The molecule has 2 N–H and O–H groups in total. The van der Waals surface area contributed by atoms with Gasteiger partial charge in [-0.15, -0.1) is 0 Å². The Kier molecular flexibility index (Phi) is 4.14. The summed E-state index contributed by atoms with van der Waals surface area (Å²) >= 11 is 7.60. The molecular weight excluding hydrogens is 316 g/mol. The third kappa shape index (κ3) is 2.98.